The van der Waals surface area contributed by atoms with Gasteiger partial charge >= 0.3 is 18.1 Å². The Morgan fingerprint density at radius 3 is 2.22 bits per heavy atom. The fourth-order valence-electron chi connectivity index (χ4n) is 2.43. The number of carbonyl (C=O) groups is 2. The quantitative estimate of drug-likeness (QED) is 0.732. The van der Waals surface area contributed by atoms with Crippen molar-refractivity contribution < 1.29 is 36.6 Å². The van der Waals surface area contributed by atoms with Crippen LogP contribution in [0.2, 0.25) is 0 Å². The molecular formula is C9H8F5NO3. The van der Waals surface area contributed by atoms with Crippen LogP contribution in [0.3, 0.4) is 0 Å². The lowest BCUT2D eigenvalue weighted by atomic mass is 10.0. The Hall–Kier alpha value is -1.41. The summed E-state index contributed by atoms with van der Waals surface area (Å²) in [6.45, 7) is 0. The third-order valence-electron chi connectivity index (χ3n) is 3.31. The number of hydrogen-bond donors (Lipinski definition) is 1. The van der Waals surface area contributed by atoms with Crippen molar-refractivity contribution in [1.29, 1.82) is 0 Å². The van der Waals surface area contributed by atoms with E-state index in [0.29, 0.717) is 0 Å². The second-order valence-corrected chi connectivity index (χ2v) is 4.37. The van der Waals surface area contributed by atoms with E-state index < -0.39 is 48.4 Å². The van der Waals surface area contributed by atoms with Crippen molar-refractivity contribution in [3.8, 4) is 0 Å². The van der Waals surface area contributed by atoms with Gasteiger partial charge in [-0.25, -0.2) is 13.6 Å². The number of fused-ring (bicyclic) bond motifs is 1. The number of piperidine rings is 1. The highest BCUT2D eigenvalue weighted by molar-refractivity contribution is 5.88. The van der Waals surface area contributed by atoms with Gasteiger partial charge in [-0.2, -0.15) is 13.2 Å². The summed E-state index contributed by atoms with van der Waals surface area (Å²) < 4.78 is 63.2. The van der Waals surface area contributed by atoms with Crippen molar-refractivity contribution in [2.45, 2.75) is 37.0 Å². The number of likely N-dealkylation sites (tertiary alicyclic amines) is 1. The van der Waals surface area contributed by atoms with Crippen LogP contribution < -0.4 is 0 Å². The van der Waals surface area contributed by atoms with Gasteiger partial charge in [-0.15, -0.1) is 0 Å². The lowest BCUT2D eigenvalue weighted by molar-refractivity contribution is -0.193. The van der Waals surface area contributed by atoms with E-state index in [1.54, 1.807) is 0 Å². The van der Waals surface area contributed by atoms with Gasteiger partial charge in [0.15, 0.2) is 0 Å². The molecule has 0 aromatic rings. The monoisotopic (exact) mass is 273 g/mol. The van der Waals surface area contributed by atoms with Crippen molar-refractivity contribution in [3.63, 3.8) is 0 Å². The van der Waals surface area contributed by atoms with Crippen molar-refractivity contribution in [2.75, 3.05) is 0 Å². The molecule has 1 heterocycles. The van der Waals surface area contributed by atoms with Crippen LogP contribution in [0, 0.1) is 5.92 Å². The van der Waals surface area contributed by atoms with E-state index in [9.17, 15) is 31.5 Å². The lowest BCUT2D eigenvalue weighted by Crippen LogP contribution is -2.54. The number of carboxylic acids is 1. The molecule has 9 heteroatoms. The minimum atomic E-state index is -5.35. The standard InChI is InChI=1S/C9H8F5NO3/c10-8(11)3-1-2-4(6(16)17)15(5(3)8)7(18)9(12,13)14/h3-5H,1-2H2,(H,16,17)/t3?,4-,5?/m1/s1. The number of rotatable bonds is 1. The minimum Gasteiger partial charge on any atom is -0.480 e. The first-order valence-corrected chi connectivity index (χ1v) is 5.08. The molecule has 0 aromatic carbocycles. The van der Waals surface area contributed by atoms with Gasteiger partial charge < -0.3 is 10.0 Å². The van der Waals surface area contributed by atoms with Gasteiger partial charge in [0.2, 0.25) is 0 Å². The van der Waals surface area contributed by atoms with Gasteiger partial charge in [0, 0.05) is 0 Å². The third-order valence-corrected chi connectivity index (χ3v) is 3.31. The largest absolute Gasteiger partial charge is 0.480 e. The Morgan fingerprint density at radius 2 is 1.78 bits per heavy atom. The van der Waals surface area contributed by atoms with E-state index in [1.807, 2.05) is 0 Å². The molecule has 1 saturated carbocycles. The van der Waals surface area contributed by atoms with Crippen LogP contribution in [0.5, 0.6) is 0 Å². The molecule has 1 aliphatic carbocycles. The first-order chi connectivity index (χ1) is 8.08. The average Bonchev–Trinajstić information content (AvgIpc) is 2.78. The van der Waals surface area contributed by atoms with Crippen LogP contribution >= 0.6 is 0 Å². The fraction of sp³-hybridized carbons (Fsp3) is 0.778. The molecule has 1 N–H and O–H groups in total. The van der Waals surface area contributed by atoms with Crippen molar-refractivity contribution >= 4 is 11.9 Å². The molecule has 2 aliphatic rings. The second kappa shape index (κ2) is 3.55. The molecule has 2 rings (SSSR count). The SMILES string of the molecule is O=C(O)[C@H]1CCC2C(N1C(=O)C(F)(F)F)C2(F)F. The van der Waals surface area contributed by atoms with Gasteiger partial charge in [0.05, 0.1) is 5.92 Å². The zero-order valence-electron chi connectivity index (χ0n) is 8.75. The van der Waals surface area contributed by atoms with Crippen LogP contribution in [-0.2, 0) is 9.59 Å². The maximum Gasteiger partial charge on any atom is 0.471 e. The van der Waals surface area contributed by atoms with Gasteiger partial charge in [0.25, 0.3) is 5.92 Å². The number of aliphatic carboxylic acids is 1. The summed E-state index contributed by atoms with van der Waals surface area (Å²) in [5.74, 6) is -9.00. The Bertz CT molecular complexity index is 407. The molecule has 1 aliphatic heterocycles. The Labute approximate surface area is 97.4 Å². The molecule has 1 amide bonds. The summed E-state index contributed by atoms with van der Waals surface area (Å²) in [5.41, 5.74) is 0. The molecule has 102 valence electrons. The maximum atomic E-state index is 13.2. The van der Waals surface area contributed by atoms with E-state index in [4.69, 9.17) is 5.11 Å². The number of halogens is 5. The highest BCUT2D eigenvalue weighted by atomic mass is 19.4. The van der Waals surface area contributed by atoms with Gasteiger partial charge in [0.1, 0.15) is 12.1 Å². The number of carboxylic acid groups (broad SMARTS) is 1. The molecule has 1 saturated heterocycles. The number of nitrogens with zero attached hydrogens (tertiary/aromatic N) is 1. The first-order valence-electron chi connectivity index (χ1n) is 5.08. The van der Waals surface area contributed by atoms with Gasteiger partial charge in [-0.3, -0.25) is 4.79 Å². The van der Waals surface area contributed by atoms with Crippen molar-refractivity contribution in [3.05, 3.63) is 0 Å². The molecule has 0 spiro atoms. The Balaban J connectivity index is 2.32. The number of carbonyl (C=O) groups excluding carboxylic acids is 1. The zero-order valence-corrected chi connectivity index (χ0v) is 8.75. The Kier molecular flexibility index (Phi) is 2.57. The van der Waals surface area contributed by atoms with Crippen LogP contribution in [0.4, 0.5) is 22.0 Å². The maximum absolute atomic E-state index is 13.2. The van der Waals surface area contributed by atoms with E-state index in [-0.39, 0.29) is 11.3 Å². The molecule has 0 bridgehead atoms. The van der Waals surface area contributed by atoms with E-state index in [1.165, 1.54) is 0 Å². The molecule has 0 aromatic heterocycles. The molecule has 2 fully saturated rings. The molecule has 2 unspecified atom stereocenters. The van der Waals surface area contributed by atoms with E-state index >= 15 is 0 Å². The summed E-state index contributed by atoms with van der Waals surface area (Å²) in [7, 11) is 0. The molecule has 0 radical (unpaired) electrons. The van der Waals surface area contributed by atoms with Gasteiger partial charge in [-0.05, 0) is 12.8 Å². The predicted octanol–water partition coefficient (Wildman–Crippen LogP) is 1.26. The van der Waals surface area contributed by atoms with Crippen LogP contribution in [-0.4, -0.2) is 46.1 Å². The summed E-state index contributed by atoms with van der Waals surface area (Å²) in [6, 6.07) is -3.78. The Morgan fingerprint density at radius 1 is 1.22 bits per heavy atom. The van der Waals surface area contributed by atoms with Crippen LogP contribution in [0.1, 0.15) is 12.8 Å². The number of alkyl halides is 5. The fourth-order valence-corrected chi connectivity index (χ4v) is 2.43. The summed E-state index contributed by atoms with van der Waals surface area (Å²) >= 11 is 0. The molecular weight excluding hydrogens is 265 g/mol. The topological polar surface area (TPSA) is 57.6 Å². The van der Waals surface area contributed by atoms with E-state index in [0.717, 1.165) is 0 Å². The lowest BCUT2D eigenvalue weighted by Gasteiger charge is -2.32. The van der Waals surface area contributed by atoms with Gasteiger partial charge in [-0.1, -0.05) is 0 Å². The highest BCUT2D eigenvalue weighted by Gasteiger charge is 2.75. The second-order valence-electron chi connectivity index (χ2n) is 4.37. The van der Waals surface area contributed by atoms with Crippen molar-refractivity contribution in [1.82, 2.24) is 4.90 Å². The van der Waals surface area contributed by atoms with Crippen LogP contribution in [0.25, 0.3) is 0 Å². The zero-order chi connectivity index (χ0) is 13.9. The smallest absolute Gasteiger partial charge is 0.471 e. The van der Waals surface area contributed by atoms with Crippen molar-refractivity contribution in [2.24, 2.45) is 5.92 Å². The molecule has 4 nitrogen and oxygen atoms in total. The van der Waals surface area contributed by atoms with E-state index in [2.05, 4.69) is 0 Å². The summed E-state index contributed by atoms with van der Waals surface area (Å²) in [4.78, 5) is 21.6. The number of amides is 1. The molecule has 3 atom stereocenters. The summed E-state index contributed by atoms with van der Waals surface area (Å²) in [6.07, 6.45) is -5.95. The number of hydrogen-bond acceptors (Lipinski definition) is 2. The predicted molar refractivity (Wildman–Crippen MR) is 45.8 cm³/mol. The first kappa shape index (κ1) is 13.0. The normalized spacial score (nSPS) is 33.8. The summed E-state index contributed by atoms with van der Waals surface area (Å²) in [5, 5.41) is 8.72. The molecule has 18 heavy (non-hydrogen) atoms. The minimum absolute atomic E-state index is 0.198. The highest BCUT2D eigenvalue weighted by Crippen LogP contribution is 2.58. The third kappa shape index (κ3) is 1.72. The average molecular weight is 273 g/mol. The van der Waals surface area contributed by atoms with Crippen LogP contribution in [0.15, 0.2) is 0 Å².